The lowest BCUT2D eigenvalue weighted by molar-refractivity contribution is -0.117. The van der Waals surface area contributed by atoms with Gasteiger partial charge in [0, 0.05) is 36.2 Å². The summed E-state index contributed by atoms with van der Waals surface area (Å²) in [7, 11) is -4.09. The van der Waals surface area contributed by atoms with E-state index in [9.17, 15) is 18.0 Å². The van der Waals surface area contributed by atoms with Gasteiger partial charge in [0.25, 0.3) is 0 Å². The van der Waals surface area contributed by atoms with Crippen LogP contribution in [0.3, 0.4) is 0 Å². The lowest BCUT2D eigenvalue weighted by atomic mass is 10.1. The van der Waals surface area contributed by atoms with E-state index in [1.807, 2.05) is 6.92 Å². The van der Waals surface area contributed by atoms with Crippen LogP contribution in [0.1, 0.15) is 31.7 Å². The molecule has 156 valence electrons. The van der Waals surface area contributed by atoms with Crippen LogP contribution in [0.15, 0.2) is 62.6 Å². The molecule has 1 amide bonds. The van der Waals surface area contributed by atoms with Crippen molar-refractivity contribution < 1.29 is 21.8 Å². The van der Waals surface area contributed by atoms with Gasteiger partial charge in [-0.1, -0.05) is 13.3 Å². The first kappa shape index (κ1) is 20.2. The van der Waals surface area contributed by atoms with Crippen LogP contribution in [-0.4, -0.2) is 20.9 Å². The van der Waals surface area contributed by atoms with Crippen molar-refractivity contribution in [3.8, 4) is 5.75 Å². The van der Waals surface area contributed by atoms with E-state index in [2.05, 4.69) is 0 Å². The maximum absolute atomic E-state index is 12.7. The minimum absolute atomic E-state index is 0.0285. The van der Waals surface area contributed by atoms with Crippen molar-refractivity contribution in [2.75, 3.05) is 11.4 Å². The minimum Gasteiger partial charge on any atom is -0.423 e. The zero-order chi connectivity index (χ0) is 21.3. The largest absolute Gasteiger partial charge is 0.423 e. The van der Waals surface area contributed by atoms with E-state index in [1.165, 1.54) is 30.3 Å². The Labute approximate surface area is 174 Å². The van der Waals surface area contributed by atoms with Gasteiger partial charge in [0.1, 0.15) is 16.2 Å². The monoisotopic (exact) mass is 427 g/mol. The van der Waals surface area contributed by atoms with Gasteiger partial charge in [0.05, 0.1) is 0 Å². The summed E-state index contributed by atoms with van der Waals surface area (Å²) in [5, 5.41) is 0.751. The number of amides is 1. The summed E-state index contributed by atoms with van der Waals surface area (Å²) in [5.74, 6) is 0.0834. The van der Waals surface area contributed by atoms with Crippen molar-refractivity contribution in [1.82, 2.24) is 0 Å². The molecule has 0 unspecified atom stereocenters. The van der Waals surface area contributed by atoms with Gasteiger partial charge in [0.2, 0.25) is 5.91 Å². The molecule has 0 saturated carbocycles. The maximum atomic E-state index is 12.7. The Balaban J connectivity index is 1.60. The number of fused-ring (bicyclic) bond motifs is 1. The SMILES string of the molecule is CCCc1cc(=O)oc2cc(OS(=O)(=O)c3ccc(N4CCCC4=O)cc3)ccc12. The normalized spacial score (nSPS) is 14.4. The second-order valence-corrected chi connectivity index (χ2v) is 8.73. The summed E-state index contributed by atoms with van der Waals surface area (Å²) in [6, 6.07) is 12.1. The van der Waals surface area contributed by atoms with E-state index in [1.54, 1.807) is 23.1 Å². The molecule has 1 aliphatic rings. The summed E-state index contributed by atoms with van der Waals surface area (Å²) < 4.78 is 35.8. The molecule has 0 spiro atoms. The molecular formula is C22H21NO6S. The first-order chi connectivity index (χ1) is 14.4. The third-order valence-electron chi connectivity index (χ3n) is 5.04. The molecule has 0 aliphatic carbocycles. The van der Waals surface area contributed by atoms with E-state index < -0.39 is 15.7 Å². The van der Waals surface area contributed by atoms with Crippen LogP contribution in [0.5, 0.6) is 5.75 Å². The number of aryl methyl sites for hydroxylation is 1. The topological polar surface area (TPSA) is 93.9 Å². The van der Waals surface area contributed by atoms with Crippen LogP contribution >= 0.6 is 0 Å². The first-order valence-corrected chi connectivity index (χ1v) is 11.2. The van der Waals surface area contributed by atoms with Gasteiger partial charge < -0.3 is 13.5 Å². The number of carbonyl (C=O) groups is 1. The van der Waals surface area contributed by atoms with Crippen LogP contribution < -0.4 is 14.7 Å². The van der Waals surface area contributed by atoms with Crippen LogP contribution in [0.25, 0.3) is 11.0 Å². The smallest absolute Gasteiger partial charge is 0.339 e. The molecule has 1 saturated heterocycles. The maximum Gasteiger partial charge on any atom is 0.339 e. The molecule has 0 bridgehead atoms. The second kappa shape index (κ2) is 7.95. The highest BCUT2D eigenvalue weighted by molar-refractivity contribution is 7.87. The molecule has 2 aromatic carbocycles. The highest BCUT2D eigenvalue weighted by Gasteiger charge is 2.23. The summed E-state index contributed by atoms with van der Waals surface area (Å²) in [5.41, 5.74) is 1.30. The molecule has 0 N–H and O–H groups in total. The summed E-state index contributed by atoms with van der Waals surface area (Å²) >= 11 is 0. The number of benzene rings is 2. The fraction of sp³-hybridized carbons (Fsp3) is 0.273. The Bertz CT molecular complexity index is 1260. The quantitative estimate of drug-likeness (QED) is 0.440. The average Bonchev–Trinajstić information content (AvgIpc) is 3.13. The van der Waals surface area contributed by atoms with Gasteiger partial charge in [-0.2, -0.15) is 8.42 Å². The Morgan fingerprint density at radius 1 is 1.07 bits per heavy atom. The van der Waals surface area contributed by atoms with Crippen LogP contribution in [0.4, 0.5) is 5.69 Å². The Morgan fingerprint density at radius 2 is 1.83 bits per heavy atom. The zero-order valence-electron chi connectivity index (χ0n) is 16.5. The fourth-order valence-corrected chi connectivity index (χ4v) is 4.55. The van der Waals surface area contributed by atoms with Crippen LogP contribution in [-0.2, 0) is 21.3 Å². The molecule has 8 heteroatoms. The number of hydrogen-bond acceptors (Lipinski definition) is 6. The molecule has 0 radical (unpaired) electrons. The molecular weight excluding hydrogens is 406 g/mol. The Kier molecular flexibility index (Phi) is 5.34. The first-order valence-electron chi connectivity index (χ1n) is 9.79. The molecule has 1 aromatic heterocycles. The molecule has 7 nitrogen and oxygen atoms in total. The number of hydrogen-bond donors (Lipinski definition) is 0. The molecule has 3 aromatic rings. The van der Waals surface area contributed by atoms with E-state index in [0.29, 0.717) is 25.1 Å². The summed E-state index contributed by atoms with van der Waals surface area (Å²) in [6.07, 6.45) is 2.87. The van der Waals surface area contributed by atoms with Crippen LogP contribution in [0, 0.1) is 0 Å². The molecule has 1 aliphatic heterocycles. The average molecular weight is 427 g/mol. The fourth-order valence-electron chi connectivity index (χ4n) is 3.63. The van der Waals surface area contributed by atoms with Crippen molar-refractivity contribution in [3.63, 3.8) is 0 Å². The van der Waals surface area contributed by atoms with Crippen LogP contribution in [0.2, 0.25) is 0 Å². The van der Waals surface area contributed by atoms with Crippen molar-refractivity contribution >= 4 is 32.7 Å². The van der Waals surface area contributed by atoms with E-state index in [0.717, 1.165) is 23.8 Å². The third-order valence-corrected chi connectivity index (χ3v) is 6.30. The summed E-state index contributed by atoms with van der Waals surface area (Å²) in [4.78, 5) is 25.3. The summed E-state index contributed by atoms with van der Waals surface area (Å²) in [6.45, 7) is 2.64. The van der Waals surface area contributed by atoms with E-state index >= 15 is 0 Å². The molecule has 2 heterocycles. The van der Waals surface area contributed by atoms with Crippen molar-refractivity contribution in [3.05, 3.63) is 64.5 Å². The minimum atomic E-state index is -4.09. The molecule has 4 rings (SSSR count). The van der Waals surface area contributed by atoms with Gasteiger partial charge in [0.15, 0.2) is 0 Å². The highest BCUT2D eigenvalue weighted by atomic mass is 32.2. The van der Waals surface area contributed by atoms with Crippen molar-refractivity contribution in [1.29, 1.82) is 0 Å². The molecule has 30 heavy (non-hydrogen) atoms. The number of anilines is 1. The predicted molar refractivity (Wildman–Crippen MR) is 112 cm³/mol. The van der Waals surface area contributed by atoms with E-state index in [4.69, 9.17) is 8.60 Å². The number of nitrogens with zero attached hydrogens (tertiary/aromatic N) is 1. The van der Waals surface area contributed by atoms with Crippen molar-refractivity contribution in [2.24, 2.45) is 0 Å². The lowest BCUT2D eigenvalue weighted by Gasteiger charge is -2.16. The Hall–Kier alpha value is -3.13. The highest BCUT2D eigenvalue weighted by Crippen LogP contribution is 2.27. The van der Waals surface area contributed by atoms with E-state index in [-0.39, 0.29) is 22.1 Å². The predicted octanol–water partition coefficient (Wildman–Crippen LogP) is 3.64. The van der Waals surface area contributed by atoms with Gasteiger partial charge in [-0.15, -0.1) is 0 Å². The molecule has 0 atom stereocenters. The van der Waals surface area contributed by atoms with Gasteiger partial charge >= 0.3 is 15.7 Å². The zero-order valence-corrected chi connectivity index (χ0v) is 17.3. The van der Waals surface area contributed by atoms with Gasteiger partial charge in [-0.05, 0) is 54.8 Å². The number of rotatable bonds is 6. The lowest BCUT2D eigenvalue weighted by Crippen LogP contribution is -2.23. The van der Waals surface area contributed by atoms with Gasteiger partial charge in [-0.25, -0.2) is 4.79 Å². The molecule has 1 fully saturated rings. The standard InChI is InChI=1S/C22H21NO6S/c1-2-4-15-13-22(25)28-20-14-17(8-11-19(15)20)29-30(26,27)18-9-6-16(7-10-18)23-12-3-5-21(23)24/h6-11,13-14H,2-5,12H2,1H3. The number of carbonyl (C=O) groups excluding carboxylic acids is 1. The third kappa shape index (κ3) is 3.95. The van der Waals surface area contributed by atoms with Crippen molar-refractivity contribution in [2.45, 2.75) is 37.5 Å². The Morgan fingerprint density at radius 3 is 2.50 bits per heavy atom. The second-order valence-electron chi connectivity index (χ2n) is 7.18. The van der Waals surface area contributed by atoms with Gasteiger partial charge in [-0.3, -0.25) is 4.79 Å².